The molecule has 2 bridgehead atoms. The van der Waals surface area contributed by atoms with Crippen LogP contribution in [0.2, 0.25) is 0 Å². The highest BCUT2D eigenvalue weighted by Crippen LogP contribution is 2.62. The molecule has 0 spiro atoms. The lowest BCUT2D eigenvalue weighted by molar-refractivity contribution is -0.0421. The Hall–Kier alpha value is -0.0400. The highest BCUT2D eigenvalue weighted by molar-refractivity contribution is 5.10. The van der Waals surface area contributed by atoms with Crippen LogP contribution in [0.3, 0.4) is 0 Å². The van der Waals surface area contributed by atoms with Crippen LogP contribution in [0.1, 0.15) is 45.4 Å². The van der Waals surface area contributed by atoms with E-state index in [0.717, 1.165) is 17.8 Å². The number of fused-ring (bicyclic) bond motifs is 5. The molecule has 0 aromatic heterocycles. The van der Waals surface area contributed by atoms with Crippen molar-refractivity contribution in [2.24, 2.45) is 17.8 Å². The molecule has 0 heterocycles. The minimum Gasteiger partial charge on any atom is -0.369 e. The number of hydrogen-bond donors (Lipinski definition) is 0. The minimum atomic E-state index is 0.306. The molecule has 1 nitrogen and oxygen atoms in total. The van der Waals surface area contributed by atoms with Crippen molar-refractivity contribution in [1.29, 1.82) is 0 Å². The highest BCUT2D eigenvalue weighted by Gasteiger charge is 2.59. The van der Waals surface area contributed by atoms with E-state index in [1.807, 2.05) is 13.5 Å². The second kappa shape index (κ2) is 2.73. The van der Waals surface area contributed by atoms with Gasteiger partial charge in [0.05, 0.1) is 12.2 Å². The van der Waals surface area contributed by atoms with E-state index in [0.29, 0.717) is 5.60 Å². The van der Waals surface area contributed by atoms with Crippen molar-refractivity contribution < 1.29 is 4.74 Å². The molecule has 1 radical (unpaired) electrons. The lowest BCUT2D eigenvalue weighted by Gasteiger charge is -2.35. The molecule has 3 fully saturated rings. The standard InChI is InChI=1S/C12H19O/c1-2-13-12-7-6-9(8-12)10-4-3-5-11(10)12/h2,9-11H,3-8H2,1H3. The second-order valence-electron chi connectivity index (χ2n) is 5.12. The van der Waals surface area contributed by atoms with Gasteiger partial charge in [0.25, 0.3) is 0 Å². The molecule has 3 rings (SSSR count). The van der Waals surface area contributed by atoms with E-state index in [9.17, 15) is 0 Å². The molecule has 73 valence electrons. The zero-order valence-electron chi connectivity index (χ0n) is 8.46. The lowest BCUT2D eigenvalue weighted by atomic mass is 9.79. The van der Waals surface area contributed by atoms with Gasteiger partial charge >= 0.3 is 0 Å². The largest absolute Gasteiger partial charge is 0.369 e. The van der Waals surface area contributed by atoms with Gasteiger partial charge in [-0.1, -0.05) is 6.42 Å². The van der Waals surface area contributed by atoms with Gasteiger partial charge in [0.15, 0.2) is 0 Å². The Morgan fingerprint density at radius 2 is 2.23 bits per heavy atom. The van der Waals surface area contributed by atoms with Crippen molar-refractivity contribution in [2.75, 3.05) is 0 Å². The predicted octanol–water partition coefficient (Wildman–Crippen LogP) is 3.15. The Morgan fingerprint density at radius 3 is 3.08 bits per heavy atom. The van der Waals surface area contributed by atoms with Crippen LogP contribution in [0.15, 0.2) is 0 Å². The fourth-order valence-electron chi connectivity index (χ4n) is 4.42. The third-order valence-electron chi connectivity index (χ3n) is 4.75. The average molecular weight is 179 g/mol. The van der Waals surface area contributed by atoms with Gasteiger partial charge < -0.3 is 4.74 Å². The average Bonchev–Trinajstić information content (AvgIpc) is 2.73. The summed E-state index contributed by atoms with van der Waals surface area (Å²) in [5.41, 5.74) is 0.306. The first-order valence-corrected chi connectivity index (χ1v) is 5.81. The molecule has 3 saturated carbocycles. The van der Waals surface area contributed by atoms with Gasteiger partial charge in [-0.15, -0.1) is 0 Å². The van der Waals surface area contributed by atoms with Crippen molar-refractivity contribution >= 4 is 0 Å². The fourth-order valence-corrected chi connectivity index (χ4v) is 4.42. The van der Waals surface area contributed by atoms with E-state index in [4.69, 9.17) is 4.74 Å². The molecule has 1 heteroatoms. The summed E-state index contributed by atoms with van der Waals surface area (Å²) in [6.45, 7) is 3.97. The summed E-state index contributed by atoms with van der Waals surface area (Å²) < 4.78 is 5.97. The topological polar surface area (TPSA) is 9.23 Å². The third-order valence-corrected chi connectivity index (χ3v) is 4.75. The fraction of sp³-hybridized carbons (Fsp3) is 0.917. The van der Waals surface area contributed by atoms with Crippen molar-refractivity contribution in [3.8, 4) is 0 Å². The predicted molar refractivity (Wildman–Crippen MR) is 52.0 cm³/mol. The molecule has 0 aromatic carbocycles. The molecule has 4 unspecified atom stereocenters. The summed E-state index contributed by atoms with van der Waals surface area (Å²) in [6.07, 6.45) is 8.53. The second-order valence-corrected chi connectivity index (χ2v) is 5.12. The summed E-state index contributed by atoms with van der Waals surface area (Å²) in [7, 11) is 0. The van der Waals surface area contributed by atoms with E-state index in [1.165, 1.54) is 38.5 Å². The third kappa shape index (κ3) is 0.971. The van der Waals surface area contributed by atoms with Crippen LogP contribution >= 0.6 is 0 Å². The van der Waals surface area contributed by atoms with Gasteiger partial charge in [-0.3, -0.25) is 0 Å². The van der Waals surface area contributed by atoms with Gasteiger partial charge in [0.1, 0.15) is 0 Å². The van der Waals surface area contributed by atoms with Crippen molar-refractivity contribution in [3.05, 3.63) is 6.61 Å². The monoisotopic (exact) mass is 179 g/mol. The maximum atomic E-state index is 5.97. The Morgan fingerprint density at radius 1 is 1.31 bits per heavy atom. The summed E-state index contributed by atoms with van der Waals surface area (Å²) >= 11 is 0. The highest BCUT2D eigenvalue weighted by atomic mass is 16.5. The first-order chi connectivity index (χ1) is 6.36. The van der Waals surface area contributed by atoms with E-state index < -0.39 is 0 Å². The van der Waals surface area contributed by atoms with Crippen LogP contribution in [0.4, 0.5) is 0 Å². The quantitative estimate of drug-likeness (QED) is 0.632. The Kier molecular flexibility index (Phi) is 1.74. The summed E-state index contributed by atoms with van der Waals surface area (Å²) in [5, 5.41) is 0. The van der Waals surface area contributed by atoms with Crippen LogP contribution in [-0.4, -0.2) is 5.60 Å². The molecule has 3 aliphatic rings. The van der Waals surface area contributed by atoms with Crippen LogP contribution < -0.4 is 0 Å². The van der Waals surface area contributed by atoms with Gasteiger partial charge in [0.2, 0.25) is 0 Å². The van der Waals surface area contributed by atoms with Crippen molar-refractivity contribution in [3.63, 3.8) is 0 Å². The first kappa shape index (κ1) is 8.28. The molecular weight excluding hydrogens is 160 g/mol. The first-order valence-electron chi connectivity index (χ1n) is 5.81. The molecule has 0 N–H and O–H groups in total. The number of rotatable bonds is 2. The number of hydrogen-bond acceptors (Lipinski definition) is 1. The van der Waals surface area contributed by atoms with Crippen molar-refractivity contribution in [1.82, 2.24) is 0 Å². The van der Waals surface area contributed by atoms with Crippen molar-refractivity contribution in [2.45, 2.75) is 51.0 Å². The van der Waals surface area contributed by atoms with Gasteiger partial charge in [0, 0.05) is 0 Å². The number of ether oxygens (including phenoxy) is 1. The Balaban J connectivity index is 1.87. The van der Waals surface area contributed by atoms with E-state index >= 15 is 0 Å². The van der Waals surface area contributed by atoms with E-state index in [-0.39, 0.29) is 0 Å². The van der Waals surface area contributed by atoms with Gasteiger partial charge in [-0.2, -0.15) is 0 Å². The van der Waals surface area contributed by atoms with Gasteiger partial charge in [-0.05, 0) is 56.8 Å². The van der Waals surface area contributed by atoms with Gasteiger partial charge in [-0.25, -0.2) is 0 Å². The maximum absolute atomic E-state index is 5.97. The van der Waals surface area contributed by atoms with Crippen LogP contribution in [0, 0.1) is 24.4 Å². The molecule has 3 aliphatic carbocycles. The Bertz CT molecular complexity index is 213. The smallest absolute Gasteiger partial charge is 0.0813 e. The zero-order chi connectivity index (χ0) is 8.89. The molecular formula is C12H19O. The van der Waals surface area contributed by atoms with E-state index in [2.05, 4.69) is 0 Å². The normalized spacial score (nSPS) is 52.8. The molecule has 0 aromatic rings. The molecule has 0 saturated heterocycles. The summed E-state index contributed by atoms with van der Waals surface area (Å²) in [5.74, 6) is 2.98. The van der Waals surface area contributed by atoms with E-state index in [1.54, 1.807) is 0 Å². The minimum absolute atomic E-state index is 0.306. The van der Waals surface area contributed by atoms with Crippen LogP contribution in [0.25, 0.3) is 0 Å². The maximum Gasteiger partial charge on any atom is 0.0813 e. The lowest BCUT2D eigenvalue weighted by Crippen LogP contribution is -2.36. The summed E-state index contributed by atoms with van der Waals surface area (Å²) in [6, 6.07) is 0. The SMILES string of the molecule is C[CH]OC12CCC(C1)C1CCCC12. The molecule has 0 aliphatic heterocycles. The van der Waals surface area contributed by atoms with Crippen LogP contribution in [-0.2, 0) is 4.74 Å². The molecule has 4 atom stereocenters. The summed E-state index contributed by atoms with van der Waals surface area (Å²) in [4.78, 5) is 0. The zero-order valence-corrected chi connectivity index (χ0v) is 8.46. The Labute approximate surface area is 80.8 Å². The molecule has 0 amide bonds. The van der Waals surface area contributed by atoms with Crippen LogP contribution in [0.5, 0.6) is 0 Å². The molecule has 13 heavy (non-hydrogen) atoms.